The van der Waals surface area contributed by atoms with Gasteiger partial charge in [-0.15, -0.1) is 0 Å². The standard InChI is InChI=1S/C14H18N2/c1-3-13(2)11-15-9-10-16(12-15)14-7-5-4-6-8-14/h3-10H,11-12H2,1-2H3. The van der Waals surface area contributed by atoms with Crippen LogP contribution in [0.1, 0.15) is 13.8 Å². The molecule has 1 aromatic rings. The van der Waals surface area contributed by atoms with Crippen LogP contribution in [-0.4, -0.2) is 18.1 Å². The molecule has 1 heterocycles. The highest BCUT2D eigenvalue weighted by Gasteiger charge is 2.12. The SMILES string of the molecule is CC=C(C)CN1C=CN(c2ccccc2)C1. The second-order valence-electron chi connectivity index (χ2n) is 4.13. The fourth-order valence-electron chi connectivity index (χ4n) is 1.77. The molecule has 0 radical (unpaired) electrons. The molecule has 0 aromatic heterocycles. The molecule has 0 bridgehead atoms. The number of allylic oxidation sites excluding steroid dienone is 1. The molecule has 0 atom stereocenters. The van der Waals surface area contributed by atoms with E-state index < -0.39 is 0 Å². The normalized spacial score (nSPS) is 16.0. The summed E-state index contributed by atoms with van der Waals surface area (Å²) in [4.78, 5) is 4.56. The van der Waals surface area contributed by atoms with Crippen LogP contribution in [0.5, 0.6) is 0 Å². The average Bonchev–Trinajstić information content (AvgIpc) is 2.78. The van der Waals surface area contributed by atoms with Crippen molar-refractivity contribution in [1.29, 1.82) is 0 Å². The second kappa shape index (κ2) is 4.88. The van der Waals surface area contributed by atoms with E-state index in [1.807, 2.05) is 6.07 Å². The van der Waals surface area contributed by atoms with E-state index >= 15 is 0 Å². The Labute approximate surface area is 97.5 Å². The highest BCUT2D eigenvalue weighted by molar-refractivity contribution is 5.49. The van der Waals surface area contributed by atoms with Gasteiger partial charge in [0.25, 0.3) is 0 Å². The molecule has 0 unspecified atom stereocenters. The van der Waals surface area contributed by atoms with Crippen LogP contribution >= 0.6 is 0 Å². The average molecular weight is 214 g/mol. The minimum atomic E-state index is 0.940. The van der Waals surface area contributed by atoms with E-state index in [1.54, 1.807) is 0 Å². The van der Waals surface area contributed by atoms with Gasteiger partial charge in [0.15, 0.2) is 0 Å². The number of rotatable bonds is 3. The van der Waals surface area contributed by atoms with Crippen molar-refractivity contribution in [3.63, 3.8) is 0 Å². The van der Waals surface area contributed by atoms with Crippen molar-refractivity contribution < 1.29 is 0 Å². The summed E-state index contributed by atoms with van der Waals surface area (Å²) >= 11 is 0. The summed E-state index contributed by atoms with van der Waals surface area (Å²) in [6, 6.07) is 10.5. The van der Waals surface area contributed by atoms with Crippen LogP contribution in [0.4, 0.5) is 5.69 Å². The topological polar surface area (TPSA) is 6.48 Å². The van der Waals surface area contributed by atoms with Crippen LogP contribution in [0.3, 0.4) is 0 Å². The number of hydrogen-bond acceptors (Lipinski definition) is 2. The number of para-hydroxylation sites is 1. The van der Waals surface area contributed by atoms with Gasteiger partial charge in [0.05, 0.1) is 6.67 Å². The van der Waals surface area contributed by atoms with Crippen molar-refractivity contribution in [3.8, 4) is 0 Å². The summed E-state index contributed by atoms with van der Waals surface area (Å²) in [6.07, 6.45) is 6.46. The molecule has 2 heteroatoms. The minimum Gasteiger partial charge on any atom is -0.354 e. The van der Waals surface area contributed by atoms with E-state index in [0.29, 0.717) is 0 Å². The van der Waals surface area contributed by atoms with Crippen LogP contribution in [0.2, 0.25) is 0 Å². The molecule has 1 aliphatic heterocycles. The van der Waals surface area contributed by atoms with Crippen molar-refractivity contribution >= 4 is 5.69 Å². The monoisotopic (exact) mass is 214 g/mol. The van der Waals surface area contributed by atoms with Gasteiger partial charge >= 0.3 is 0 Å². The third-order valence-electron chi connectivity index (χ3n) is 2.82. The highest BCUT2D eigenvalue weighted by atomic mass is 15.3. The molecule has 0 saturated carbocycles. The number of hydrogen-bond donors (Lipinski definition) is 0. The molecule has 16 heavy (non-hydrogen) atoms. The first-order valence-electron chi connectivity index (χ1n) is 5.65. The van der Waals surface area contributed by atoms with E-state index in [2.05, 4.69) is 66.4 Å². The number of nitrogens with zero attached hydrogens (tertiary/aromatic N) is 2. The van der Waals surface area contributed by atoms with Gasteiger partial charge in [-0.25, -0.2) is 0 Å². The Bertz CT molecular complexity index is 392. The first kappa shape index (κ1) is 10.8. The fraction of sp³-hybridized carbons (Fsp3) is 0.286. The quantitative estimate of drug-likeness (QED) is 0.713. The van der Waals surface area contributed by atoms with E-state index in [-0.39, 0.29) is 0 Å². The van der Waals surface area contributed by atoms with Gasteiger partial charge in [0.2, 0.25) is 0 Å². The Hall–Kier alpha value is -1.70. The summed E-state index contributed by atoms with van der Waals surface area (Å²) in [7, 11) is 0. The predicted molar refractivity (Wildman–Crippen MR) is 69.1 cm³/mol. The van der Waals surface area contributed by atoms with Crippen LogP contribution in [0.15, 0.2) is 54.4 Å². The van der Waals surface area contributed by atoms with Gasteiger partial charge in [-0.1, -0.05) is 29.8 Å². The van der Waals surface area contributed by atoms with Crippen LogP contribution in [0, 0.1) is 0 Å². The number of anilines is 1. The highest BCUT2D eigenvalue weighted by Crippen LogP contribution is 2.18. The molecule has 2 rings (SSSR count). The lowest BCUT2D eigenvalue weighted by molar-refractivity contribution is 0.440. The molecular weight excluding hydrogens is 196 g/mol. The predicted octanol–water partition coefficient (Wildman–Crippen LogP) is 3.20. The van der Waals surface area contributed by atoms with Crippen LogP contribution in [-0.2, 0) is 0 Å². The van der Waals surface area contributed by atoms with Crippen LogP contribution in [0.25, 0.3) is 0 Å². The molecule has 0 amide bonds. The van der Waals surface area contributed by atoms with E-state index in [9.17, 15) is 0 Å². The third kappa shape index (κ3) is 2.45. The van der Waals surface area contributed by atoms with E-state index in [1.165, 1.54) is 11.3 Å². The Morgan fingerprint density at radius 1 is 1.25 bits per heavy atom. The molecule has 0 N–H and O–H groups in total. The van der Waals surface area contributed by atoms with E-state index in [0.717, 1.165) is 13.2 Å². The lowest BCUT2D eigenvalue weighted by Gasteiger charge is -2.21. The Kier molecular flexibility index (Phi) is 3.30. The molecule has 2 nitrogen and oxygen atoms in total. The fourth-order valence-corrected chi connectivity index (χ4v) is 1.77. The van der Waals surface area contributed by atoms with Gasteiger partial charge in [0, 0.05) is 24.6 Å². The van der Waals surface area contributed by atoms with Crippen molar-refractivity contribution in [2.45, 2.75) is 13.8 Å². The van der Waals surface area contributed by atoms with Crippen molar-refractivity contribution in [1.82, 2.24) is 4.90 Å². The summed E-state index contributed by atoms with van der Waals surface area (Å²) in [5.41, 5.74) is 2.65. The zero-order valence-corrected chi connectivity index (χ0v) is 9.93. The maximum Gasteiger partial charge on any atom is 0.0945 e. The molecule has 1 aliphatic rings. The summed E-state index contributed by atoms with van der Waals surface area (Å²) in [5, 5.41) is 0. The van der Waals surface area contributed by atoms with E-state index in [4.69, 9.17) is 0 Å². The van der Waals surface area contributed by atoms with Gasteiger partial charge in [0.1, 0.15) is 0 Å². The minimum absolute atomic E-state index is 0.940. The Morgan fingerprint density at radius 3 is 2.69 bits per heavy atom. The van der Waals surface area contributed by atoms with Gasteiger partial charge in [-0.3, -0.25) is 0 Å². The molecular formula is C14H18N2. The third-order valence-corrected chi connectivity index (χ3v) is 2.82. The largest absolute Gasteiger partial charge is 0.354 e. The van der Waals surface area contributed by atoms with Crippen molar-refractivity contribution in [2.24, 2.45) is 0 Å². The first-order chi connectivity index (χ1) is 7.79. The number of benzene rings is 1. The zero-order valence-electron chi connectivity index (χ0n) is 9.93. The maximum absolute atomic E-state index is 2.31. The van der Waals surface area contributed by atoms with Gasteiger partial charge in [-0.05, 0) is 26.0 Å². The second-order valence-corrected chi connectivity index (χ2v) is 4.13. The first-order valence-corrected chi connectivity index (χ1v) is 5.65. The summed E-state index contributed by atoms with van der Waals surface area (Å²) in [5.74, 6) is 0. The lowest BCUT2D eigenvalue weighted by atomic mass is 10.3. The maximum atomic E-state index is 2.31. The zero-order chi connectivity index (χ0) is 11.4. The molecule has 0 fully saturated rings. The molecule has 84 valence electrons. The lowest BCUT2D eigenvalue weighted by Crippen LogP contribution is -2.26. The molecule has 0 aliphatic carbocycles. The summed E-state index contributed by atoms with van der Waals surface area (Å²) in [6.45, 7) is 6.20. The molecule has 0 saturated heterocycles. The van der Waals surface area contributed by atoms with Crippen LogP contribution < -0.4 is 4.90 Å². The van der Waals surface area contributed by atoms with Crippen molar-refractivity contribution in [2.75, 3.05) is 18.1 Å². The molecule has 0 spiro atoms. The Morgan fingerprint density at radius 2 is 2.00 bits per heavy atom. The van der Waals surface area contributed by atoms with Gasteiger partial charge in [-0.2, -0.15) is 0 Å². The summed E-state index contributed by atoms with van der Waals surface area (Å²) < 4.78 is 0. The Balaban J connectivity index is 1.97. The smallest absolute Gasteiger partial charge is 0.0945 e. The van der Waals surface area contributed by atoms with Gasteiger partial charge < -0.3 is 9.80 Å². The molecule has 1 aromatic carbocycles. The van der Waals surface area contributed by atoms with Crippen molar-refractivity contribution in [3.05, 3.63) is 54.4 Å².